The van der Waals surface area contributed by atoms with Crippen LogP contribution in [-0.4, -0.2) is 40.3 Å². The Bertz CT molecular complexity index is 750. The monoisotopic (exact) mass is 391 g/mol. The van der Waals surface area contributed by atoms with Crippen LogP contribution in [0.15, 0.2) is 18.3 Å². The molecule has 0 radical (unpaired) electrons. The smallest absolute Gasteiger partial charge is 0.220 e. The number of hydrogen-bond acceptors (Lipinski definition) is 4. The highest BCUT2D eigenvalue weighted by molar-refractivity contribution is 5.85. The summed E-state index contributed by atoms with van der Waals surface area (Å²) in [5, 5.41) is 12.5. The summed E-state index contributed by atoms with van der Waals surface area (Å²) in [4.78, 5) is 16.6. The summed E-state index contributed by atoms with van der Waals surface area (Å²) < 4.78 is 1.96. The summed E-state index contributed by atoms with van der Waals surface area (Å²) in [6.45, 7) is 3.32. The Hall–Kier alpha value is -1.66. The van der Waals surface area contributed by atoms with Crippen molar-refractivity contribution >= 4 is 29.3 Å². The number of hydrogen-bond donors (Lipinski definition) is 2. The second-order valence-corrected chi connectivity index (χ2v) is 7.71. The van der Waals surface area contributed by atoms with Crippen LogP contribution in [0.1, 0.15) is 56.6 Å². The van der Waals surface area contributed by atoms with Crippen molar-refractivity contribution in [2.75, 3.05) is 19.6 Å². The fraction of sp³-hybridized carbons (Fsp3) is 0.650. The van der Waals surface area contributed by atoms with Gasteiger partial charge in [0.2, 0.25) is 5.91 Å². The highest BCUT2D eigenvalue weighted by Gasteiger charge is 2.23. The third-order valence-corrected chi connectivity index (χ3v) is 5.88. The van der Waals surface area contributed by atoms with Crippen LogP contribution in [0, 0.1) is 5.92 Å². The first-order chi connectivity index (χ1) is 12.8. The van der Waals surface area contributed by atoms with E-state index in [9.17, 15) is 4.79 Å². The van der Waals surface area contributed by atoms with Crippen molar-refractivity contribution in [2.45, 2.75) is 57.4 Å². The molecule has 27 heavy (non-hydrogen) atoms. The number of amides is 1. The second kappa shape index (κ2) is 9.51. The second-order valence-electron chi connectivity index (χ2n) is 7.71. The van der Waals surface area contributed by atoms with Gasteiger partial charge in [0.25, 0.3) is 0 Å². The summed E-state index contributed by atoms with van der Waals surface area (Å²) in [5.41, 5.74) is 2.07. The van der Waals surface area contributed by atoms with Gasteiger partial charge in [0.05, 0.1) is 12.2 Å². The molecule has 148 valence electrons. The first-order valence-electron chi connectivity index (χ1n) is 10.1. The van der Waals surface area contributed by atoms with E-state index in [4.69, 9.17) is 5.10 Å². The van der Waals surface area contributed by atoms with E-state index in [-0.39, 0.29) is 18.3 Å². The zero-order chi connectivity index (χ0) is 17.8. The Kier molecular flexibility index (Phi) is 7.07. The van der Waals surface area contributed by atoms with E-state index in [1.807, 2.05) is 16.9 Å². The highest BCUT2D eigenvalue weighted by Crippen LogP contribution is 2.29. The Morgan fingerprint density at radius 1 is 1.30 bits per heavy atom. The number of pyridine rings is 1. The zero-order valence-corrected chi connectivity index (χ0v) is 16.6. The van der Waals surface area contributed by atoms with Crippen LogP contribution in [0.3, 0.4) is 0 Å². The fourth-order valence-electron chi connectivity index (χ4n) is 4.40. The molecule has 1 saturated heterocycles. The number of nitrogens with one attached hydrogen (secondary N) is 2. The van der Waals surface area contributed by atoms with Crippen LogP contribution in [-0.2, 0) is 11.3 Å². The highest BCUT2D eigenvalue weighted by atomic mass is 35.5. The molecule has 0 spiro atoms. The van der Waals surface area contributed by atoms with Gasteiger partial charge in [-0.15, -0.1) is 12.4 Å². The quantitative estimate of drug-likeness (QED) is 0.761. The van der Waals surface area contributed by atoms with E-state index in [1.165, 1.54) is 25.7 Å². The Balaban J connectivity index is 0.00000210. The average Bonchev–Trinajstić information content (AvgIpc) is 3.41. The van der Waals surface area contributed by atoms with Gasteiger partial charge in [-0.05, 0) is 37.4 Å². The minimum absolute atomic E-state index is 0. The molecule has 1 unspecified atom stereocenters. The van der Waals surface area contributed by atoms with Crippen molar-refractivity contribution in [1.82, 2.24) is 25.4 Å². The molecule has 2 aliphatic rings. The lowest BCUT2D eigenvalue weighted by atomic mass is 10.0. The largest absolute Gasteiger partial charge is 0.354 e. The predicted octanol–water partition coefficient (Wildman–Crippen LogP) is 3.02. The van der Waals surface area contributed by atoms with E-state index in [1.54, 1.807) is 0 Å². The third kappa shape index (κ3) is 4.79. The minimum Gasteiger partial charge on any atom is -0.354 e. The van der Waals surface area contributed by atoms with Gasteiger partial charge in [0.1, 0.15) is 0 Å². The van der Waals surface area contributed by atoms with Crippen molar-refractivity contribution in [3.8, 4) is 0 Å². The van der Waals surface area contributed by atoms with E-state index < -0.39 is 0 Å². The molecule has 2 aromatic heterocycles. The van der Waals surface area contributed by atoms with E-state index in [0.717, 1.165) is 48.6 Å². The molecular formula is C20H30ClN5O. The number of fused-ring (bicyclic) bond motifs is 1. The van der Waals surface area contributed by atoms with Gasteiger partial charge in [-0.1, -0.05) is 25.7 Å². The molecule has 2 fully saturated rings. The molecule has 1 atom stereocenters. The van der Waals surface area contributed by atoms with Crippen LogP contribution >= 0.6 is 12.4 Å². The summed E-state index contributed by atoms with van der Waals surface area (Å²) in [6, 6.07) is 4.09. The van der Waals surface area contributed by atoms with E-state index in [2.05, 4.69) is 21.7 Å². The van der Waals surface area contributed by atoms with E-state index in [0.29, 0.717) is 25.4 Å². The van der Waals surface area contributed by atoms with Gasteiger partial charge >= 0.3 is 0 Å². The lowest BCUT2D eigenvalue weighted by Gasteiger charge is -2.09. The molecule has 7 heteroatoms. The minimum atomic E-state index is 0. The van der Waals surface area contributed by atoms with Crippen LogP contribution in [0.25, 0.3) is 11.0 Å². The van der Waals surface area contributed by atoms with Crippen LogP contribution < -0.4 is 10.6 Å². The number of aromatic nitrogens is 3. The first-order valence-corrected chi connectivity index (χ1v) is 10.1. The third-order valence-electron chi connectivity index (χ3n) is 5.88. The van der Waals surface area contributed by atoms with Crippen molar-refractivity contribution < 1.29 is 4.79 Å². The lowest BCUT2D eigenvalue weighted by molar-refractivity contribution is -0.121. The normalized spacial score (nSPS) is 20.1. The molecular weight excluding hydrogens is 362 g/mol. The average molecular weight is 392 g/mol. The van der Waals surface area contributed by atoms with Crippen LogP contribution in [0.2, 0.25) is 0 Å². The molecule has 6 nitrogen and oxygen atoms in total. The summed E-state index contributed by atoms with van der Waals surface area (Å²) >= 11 is 0. The van der Waals surface area contributed by atoms with Gasteiger partial charge in [0, 0.05) is 37.0 Å². The molecule has 2 N–H and O–H groups in total. The zero-order valence-electron chi connectivity index (χ0n) is 15.8. The molecule has 2 aromatic rings. The molecule has 4 rings (SSSR count). The number of nitrogens with zero attached hydrogens (tertiary/aromatic N) is 3. The Morgan fingerprint density at radius 3 is 2.93 bits per heavy atom. The molecule has 1 saturated carbocycles. The van der Waals surface area contributed by atoms with Crippen molar-refractivity contribution in [2.24, 2.45) is 5.92 Å². The SMILES string of the molecule is Cl.O=C(CCC1CCCC1)NCCn1nc(C2CCNC2)c2cccnc21. The summed E-state index contributed by atoms with van der Waals surface area (Å²) in [5.74, 6) is 1.40. The van der Waals surface area contributed by atoms with E-state index >= 15 is 0 Å². The standard InChI is InChI=1S/C20H29N5O.ClH/c26-18(8-7-15-4-1-2-5-15)22-12-13-25-20-17(6-3-10-23-20)19(24-25)16-9-11-21-14-16;/h3,6,10,15-16,21H,1-2,4-5,7-9,11-14H2,(H,22,26);1H. The Morgan fingerprint density at radius 2 is 2.15 bits per heavy atom. The molecule has 1 aliphatic carbocycles. The summed E-state index contributed by atoms with van der Waals surface area (Å²) in [6.07, 6.45) is 9.91. The molecule has 3 heterocycles. The van der Waals surface area contributed by atoms with Crippen molar-refractivity contribution in [1.29, 1.82) is 0 Å². The molecule has 0 aromatic carbocycles. The van der Waals surface area contributed by atoms with Crippen LogP contribution in [0.5, 0.6) is 0 Å². The number of rotatable bonds is 7. The van der Waals surface area contributed by atoms with Gasteiger partial charge in [-0.2, -0.15) is 5.10 Å². The molecule has 0 bridgehead atoms. The predicted molar refractivity (Wildman–Crippen MR) is 109 cm³/mol. The van der Waals surface area contributed by atoms with Gasteiger partial charge in [-0.25, -0.2) is 9.67 Å². The van der Waals surface area contributed by atoms with Gasteiger partial charge in [0.15, 0.2) is 5.65 Å². The maximum absolute atomic E-state index is 12.1. The number of carbonyl (C=O) groups excluding carboxylic acids is 1. The van der Waals surface area contributed by atoms with Crippen molar-refractivity contribution in [3.05, 3.63) is 24.0 Å². The number of halogens is 1. The maximum atomic E-state index is 12.1. The molecule has 1 amide bonds. The van der Waals surface area contributed by atoms with Gasteiger partial charge < -0.3 is 10.6 Å². The van der Waals surface area contributed by atoms with Crippen molar-refractivity contribution in [3.63, 3.8) is 0 Å². The maximum Gasteiger partial charge on any atom is 0.220 e. The van der Waals surface area contributed by atoms with Crippen LogP contribution in [0.4, 0.5) is 0 Å². The summed E-state index contributed by atoms with van der Waals surface area (Å²) in [7, 11) is 0. The number of carbonyl (C=O) groups is 1. The topological polar surface area (TPSA) is 71.8 Å². The molecule has 1 aliphatic heterocycles. The Labute approximate surface area is 166 Å². The lowest BCUT2D eigenvalue weighted by Crippen LogP contribution is -2.27. The first kappa shape index (κ1) is 20.1. The fourth-order valence-corrected chi connectivity index (χ4v) is 4.40. The van der Waals surface area contributed by atoms with Gasteiger partial charge in [-0.3, -0.25) is 4.79 Å².